The van der Waals surface area contributed by atoms with Crippen LogP contribution in [0.5, 0.6) is 5.75 Å². The van der Waals surface area contributed by atoms with Crippen molar-refractivity contribution in [2.75, 3.05) is 43.5 Å². The minimum Gasteiger partial charge on any atom is -0.497 e. The second kappa shape index (κ2) is 10.0. The summed E-state index contributed by atoms with van der Waals surface area (Å²) in [6.07, 6.45) is 3.30. The number of ether oxygens (including phenoxy) is 1. The van der Waals surface area contributed by atoms with Crippen LogP contribution in [0.15, 0.2) is 48.5 Å². The van der Waals surface area contributed by atoms with Gasteiger partial charge in [0.2, 0.25) is 5.91 Å². The van der Waals surface area contributed by atoms with Crippen LogP contribution in [0.1, 0.15) is 25.3 Å². The molecule has 5 nitrogen and oxygen atoms in total. The number of hydrogen-bond donors (Lipinski definition) is 2. The summed E-state index contributed by atoms with van der Waals surface area (Å²) in [5.74, 6) is 1.67. The molecule has 1 saturated heterocycles. The number of piperidine rings is 1. The fourth-order valence-corrected chi connectivity index (χ4v) is 3.48. The van der Waals surface area contributed by atoms with Crippen LogP contribution >= 0.6 is 0 Å². The Morgan fingerprint density at radius 1 is 1.14 bits per heavy atom. The number of nitrogens with one attached hydrogen (secondary N) is 2. The minimum absolute atomic E-state index is 0.00279. The van der Waals surface area contributed by atoms with Gasteiger partial charge in [-0.25, -0.2) is 0 Å². The molecule has 3 rings (SSSR count). The highest BCUT2D eigenvalue weighted by Crippen LogP contribution is 2.24. The Balaban J connectivity index is 1.38. The molecule has 2 N–H and O–H groups in total. The largest absolute Gasteiger partial charge is 0.497 e. The van der Waals surface area contributed by atoms with Gasteiger partial charge in [0, 0.05) is 31.0 Å². The Labute approximate surface area is 168 Å². The highest BCUT2D eigenvalue weighted by molar-refractivity contribution is 5.80. The molecular weight excluding hydrogens is 350 g/mol. The first-order valence-electron chi connectivity index (χ1n) is 10.1. The van der Waals surface area contributed by atoms with E-state index in [9.17, 15) is 4.79 Å². The smallest absolute Gasteiger partial charge is 0.239 e. The SMILES string of the molecule is COc1cccc(CCNC(=O)CNc2ccc(N3CCC(C)CC3)cc2)c1. The number of carbonyl (C=O) groups excluding carboxylic acids is 1. The van der Waals surface area contributed by atoms with Crippen molar-refractivity contribution in [1.29, 1.82) is 0 Å². The van der Waals surface area contributed by atoms with Gasteiger partial charge in [-0.15, -0.1) is 0 Å². The van der Waals surface area contributed by atoms with Gasteiger partial charge in [-0.1, -0.05) is 19.1 Å². The van der Waals surface area contributed by atoms with E-state index in [0.29, 0.717) is 6.54 Å². The summed E-state index contributed by atoms with van der Waals surface area (Å²) in [4.78, 5) is 14.5. The number of benzene rings is 2. The first kappa shape index (κ1) is 20.1. The van der Waals surface area contributed by atoms with Gasteiger partial charge in [-0.2, -0.15) is 0 Å². The lowest BCUT2D eigenvalue weighted by molar-refractivity contribution is -0.119. The molecule has 0 spiro atoms. The number of anilines is 2. The van der Waals surface area contributed by atoms with Gasteiger partial charge < -0.3 is 20.3 Å². The maximum absolute atomic E-state index is 12.1. The molecule has 0 aliphatic carbocycles. The van der Waals surface area contributed by atoms with Crippen LogP contribution in [0, 0.1) is 5.92 Å². The van der Waals surface area contributed by atoms with Crippen molar-refractivity contribution < 1.29 is 9.53 Å². The topological polar surface area (TPSA) is 53.6 Å². The van der Waals surface area contributed by atoms with E-state index in [4.69, 9.17) is 4.74 Å². The van der Waals surface area contributed by atoms with Gasteiger partial charge in [0.1, 0.15) is 5.75 Å². The molecular formula is C23H31N3O2. The second-order valence-electron chi connectivity index (χ2n) is 7.52. The van der Waals surface area contributed by atoms with Gasteiger partial charge in [-0.05, 0) is 67.1 Å². The van der Waals surface area contributed by atoms with E-state index >= 15 is 0 Å². The number of methoxy groups -OCH3 is 1. The first-order chi connectivity index (χ1) is 13.6. The number of amides is 1. The Bertz CT molecular complexity index is 753. The lowest BCUT2D eigenvalue weighted by atomic mass is 9.99. The van der Waals surface area contributed by atoms with Crippen LogP contribution in [0.25, 0.3) is 0 Å². The molecule has 2 aromatic carbocycles. The molecule has 1 heterocycles. The van der Waals surface area contributed by atoms with Gasteiger partial charge >= 0.3 is 0 Å². The molecule has 1 aliphatic heterocycles. The molecule has 0 saturated carbocycles. The van der Waals surface area contributed by atoms with E-state index in [2.05, 4.69) is 46.7 Å². The highest BCUT2D eigenvalue weighted by atomic mass is 16.5. The second-order valence-corrected chi connectivity index (χ2v) is 7.52. The summed E-state index contributed by atoms with van der Waals surface area (Å²) in [5, 5.41) is 6.15. The van der Waals surface area contributed by atoms with Crippen molar-refractivity contribution in [1.82, 2.24) is 5.32 Å². The van der Waals surface area contributed by atoms with Gasteiger partial charge in [0.25, 0.3) is 0 Å². The van der Waals surface area contributed by atoms with Crippen LogP contribution in [0.3, 0.4) is 0 Å². The summed E-state index contributed by atoms with van der Waals surface area (Å²) >= 11 is 0. The molecule has 28 heavy (non-hydrogen) atoms. The Morgan fingerprint density at radius 2 is 1.89 bits per heavy atom. The van der Waals surface area contributed by atoms with Crippen molar-refractivity contribution in [3.63, 3.8) is 0 Å². The Kier molecular flexibility index (Phi) is 7.18. The van der Waals surface area contributed by atoms with Crippen LogP contribution in [-0.4, -0.2) is 39.2 Å². The zero-order chi connectivity index (χ0) is 19.8. The minimum atomic E-state index is -0.00279. The summed E-state index contributed by atoms with van der Waals surface area (Å²) in [5.41, 5.74) is 3.38. The number of hydrogen-bond acceptors (Lipinski definition) is 4. The molecule has 5 heteroatoms. The van der Waals surface area contributed by atoms with Crippen molar-refractivity contribution in [2.24, 2.45) is 5.92 Å². The zero-order valence-electron chi connectivity index (χ0n) is 16.9. The summed E-state index contributed by atoms with van der Waals surface area (Å²) < 4.78 is 5.22. The quantitative estimate of drug-likeness (QED) is 0.732. The zero-order valence-corrected chi connectivity index (χ0v) is 16.9. The molecule has 0 unspecified atom stereocenters. The molecule has 0 atom stereocenters. The molecule has 1 aliphatic rings. The standard InChI is InChI=1S/C23H31N3O2/c1-18-11-14-26(15-12-18)21-8-6-20(7-9-21)25-17-23(27)24-13-10-19-4-3-5-22(16-19)28-2/h3-9,16,18,25H,10-15,17H2,1-2H3,(H,24,27). The molecule has 0 radical (unpaired) electrons. The molecule has 0 bridgehead atoms. The van der Waals surface area contributed by atoms with Crippen LogP contribution in [0.2, 0.25) is 0 Å². The van der Waals surface area contributed by atoms with Crippen molar-refractivity contribution >= 4 is 17.3 Å². The predicted molar refractivity (Wildman–Crippen MR) is 115 cm³/mol. The molecule has 1 fully saturated rings. The molecule has 0 aromatic heterocycles. The summed E-state index contributed by atoms with van der Waals surface area (Å²) in [7, 11) is 1.66. The maximum Gasteiger partial charge on any atom is 0.239 e. The van der Waals surface area contributed by atoms with E-state index in [1.54, 1.807) is 7.11 Å². The van der Waals surface area contributed by atoms with Crippen LogP contribution < -0.4 is 20.3 Å². The Morgan fingerprint density at radius 3 is 2.61 bits per heavy atom. The van der Waals surface area contributed by atoms with E-state index in [0.717, 1.165) is 42.4 Å². The fourth-order valence-electron chi connectivity index (χ4n) is 3.48. The number of carbonyl (C=O) groups is 1. The lowest BCUT2D eigenvalue weighted by Gasteiger charge is -2.32. The van der Waals surface area contributed by atoms with Crippen molar-refractivity contribution in [2.45, 2.75) is 26.2 Å². The Hall–Kier alpha value is -2.69. The summed E-state index contributed by atoms with van der Waals surface area (Å²) in [6.45, 7) is 5.47. The predicted octanol–water partition coefficient (Wildman–Crippen LogP) is 3.70. The number of rotatable bonds is 8. The average molecular weight is 382 g/mol. The van der Waals surface area contributed by atoms with Gasteiger partial charge in [0.15, 0.2) is 0 Å². The third-order valence-corrected chi connectivity index (χ3v) is 5.34. The third-order valence-electron chi connectivity index (χ3n) is 5.34. The number of nitrogens with zero attached hydrogens (tertiary/aromatic N) is 1. The molecule has 1 amide bonds. The monoisotopic (exact) mass is 381 g/mol. The van der Waals surface area contributed by atoms with E-state index < -0.39 is 0 Å². The van der Waals surface area contributed by atoms with Gasteiger partial charge in [0.05, 0.1) is 13.7 Å². The fraction of sp³-hybridized carbons (Fsp3) is 0.435. The maximum atomic E-state index is 12.1. The lowest BCUT2D eigenvalue weighted by Crippen LogP contribution is -2.32. The van der Waals surface area contributed by atoms with E-state index in [1.165, 1.54) is 18.5 Å². The normalized spacial score (nSPS) is 14.6. The van der Waals surface area contributed by atoms with E-state index in [-0.39, 0.29) is 12.5 Å². The van der Waals surface area contributed by atoms with Crippen LogP contribution in [0.4, 0.5) is 11.4 Å². The third kappa shape index (κ3) is 5.91. The summed E-state index contributed by atoms with van der Waals surface area (Å²) in [6, 6.07) is 16.3. The highest BCUT2D eigenvalue weighted by Gasteiger charge is 2.15. The van der Waals surface area contributed by atoms with E-state index in [1.807, 2.05) is 24.3 Å². The van der Waals surface area contributed by atoms with Crippen molar-refractivity contribution in [3.05, 3.63) is 54.1 Å². The average Bonchev–Trinajstić information content (AvgIpc) is 2.73. The molecule has 150 valence electrons. The molecule has 2 aromatic rings. The first-order valence-corrected chi connectivity index (χ1v) is 10.1. The van der Waals surface area contributed by atoms with Crippen LogP contribution in [-0.2, 0) is 11.2 Å². The van der Waals surface area contributed by atoms with Gasteiger partial charge in [-0.3, -0.25) is 4.79 Å². The van der Waals surface area contributed by atoms with Crippen molar-refractivity contribution in [3.8, 4) is 5.75 Å².